The SMILES string of the molecule is COCCCOCCOCc1ccc(C#CCN)cc1F. The molecule has 0 atom stereocenters. The van der Waals surface area contributed by atoms with Gasteiger partial charge >= 0.3 is 0 Å². The fourth-order valence-electron chi connectivity index (χ4n) is 1.60. The fourth-order valence-corrected chi connectivity index (χ4v) is 1.60. The summed E-state index contributed by atoms with van der Waals surface area (Å²) < 4.78 is 29.4. The lowest BCUT2D eigenvalue weighted by Crippen LogP contribution is -2.07. The Morgan fingerprint density at radius 2 is 1.95 bits per heavy atom. The van der Waals surface area contributed by atoms with Crippen LogP contribution in [0.25, 0.3) is 0 Å². The molecule has 0 radical (unpaired) electrons. The van der Waals surface area contributed by atoms with Gasteiger partial charge in [-0.05, 0) is 18.6 Å². The third-order valence-electron chi connectivity index (χ3n) is 2.65. The lowest BCUT2D eigenvalue weighted by molar-refractivity contribution is 0.0329. The minimum absolute atomic E-state index is 0.220. The molecule has 1 rings (SSSR count). The summed E-state index contributed by atoms with van der Waals surface area (Å²) in [7, 11) is 1.66. The number of halogens is 1. The normalized spacial score (nSPS) is 10.2. The van der Waals surface area contributed by atoms with Crippen molar-refractivity contribution in [3.63, 3.8) is 0 Å². The van der Waals surface area contributed by atoms with Gasteiger partial charge in [0.15, 0.2) is 0 Å². The largest absolute Gasteiger partial charge is 0.385 e. The predicted octanol–water partition coefficient (Wildman–Crippen LogP) is 1.71. The third kappa shape index (κ3) is 7.78. The maximum Gasteiger partial charge on any atom is 0.129 e. The zero-order chi connectivity index (χ0) is 15.3. The summed E-state index contributed by atoms with van der Waals surface area (Å²) >= 11 is 0. The van der Waals surface area contributed by atoms with Crippen LogP contribution in [0.1, 0.15) is 17.5 Å². The van der Waals surface area contributed by atoms with Gasteiger partial charge in [-0.1, -0.05) is 17.9 Å². The van der Waals surface area contributed by atoms with E-state index in [1.165, 1.54) is 6.07 Å². The molecule has 0 fully saturated rings. The van der Waals surface area contributed by atoms with E-state index in [1.807, 2.05) is 0 Å². The topological polar surface area (TPSA) is 53.7 Å². The number of nitrogens with two attached hydrogens (primary N) is 1. The fraction of sp³-hybridized carbons (Fsp3) is 0.500. The summed E-state index contributed by atoms with van der Waals surface area (Å²) in [6, 6.07) is 4.82. The second-order valence-corrected chi connectivity index (χ2v) is 4.32. The molecule has 1 aromatic rings. The van der Waals surface area contributed by atoms with Crippen molar-refractivity contribution in [2.75, 3.05) is 40.1 Å². The highest BCUT2D eigenvalue weighted by atomic mass is 19.1. The molecule has 4 nitrogen and oxygen atoms in total. The van der Waals surface area contributed by atoms with Crippen LogP contribution in [0, 0.1) is 17.7 Å². The standard InChI is InChI=1S/C16H22FNO3/c1-19-8-3-9-20-10-11-21-13-15-6-5-14(4-2-7-18)12-16(15)17/h5-6,12H,3,7-11,13,18H2,1H3. The molecule has 0 aromatic heterocycles. The number of methoxy groups -OCH3 is 1. The van der Waals surface area contributed by atoms with E-state index in [0.29, 0.717) is 37.6 Å². The Morgan fingerprint density at radius 3 is 2.67 bits per heavy atom. The van der Waals surface area contributed by atoms with Crippen molar-refractivity contribution >= 4 is 0 Å². The summed E-state index contributed by atoms with van der Waals surface area (Å²) in [4.78, 5) is 0. The highest BCUT2D eigenvalue weighted by Gasteiger charge is 2.03. The summed E-state index contributed by atoms with van der Waals surface area (Å²) in [5.74, 6) is 5.15. The van der Waals surface area contributed by atoms with Gasteiger partial charge < -0.3 is 19.9 Å². The Hall–Kier alpha value is -1.45. The third-order valence-corrected chi connectivity index (χ3v) is 2.65. The van der Waals surface area contributed by atoms with Gasteiger partial charge in [-0.25, -0.2) is 4.39 Å². The number of benzene rings is 1. The second-order valence-electron chi connectivity index (χ2n) is 4.32. The highest BCUT2D eigenvalue weighted by molar-refractivity contribution is 5.37. The summed E-state index contributed by atoms with van der Waals surface area (Å²) in [6.45, 7) is 2.73. The highest BCUT2D eigenvalue weighted by Crippen LogP contribution is 2.11. The monoisotopic (exact) mass is 295 g/mol. The van der Waals surface area contributed by atoms with Crippen molar-refractivity contribution in [2.24, 2.45) is 5.73 Å². The van der Waals surface area contributed by atoms with E-state index in [1.54, 1.807) is 19.2 Å². The molecule has 0 amide bonds. The first-order valence-corrected chi connectivity index (χ1v) is 6.89. The van der Waals surface area contributed by atoms with Gasteiger partial charge in [0, 0.05) is 31.5 Å². The van der Waals surface area contributed by atoms with Crippen molar-refractivity contribution in [1.29, 1.82) is 0 Å². The molecule has 0 aliphatic rings. The van der Waals surface area contributed by atoms with Gasteiger partial charge in [0.1, 0.15) is 5.82 Å². The zero-order valence-electron chi connectivity index (χ0n) is 12.4. The maximum atomic E-state index is 13.8. The summed E-state index contributed by atoms with van der Waals surface area (Å²) in [5.41, 5.74) is 6.39. The van der Waals surface area contributed by atoms with E-state index in [0.717, 1.165) is 6.42 Å². The molecule has 1 aromatic carbocycles. The van der Waals surface area contributed by atoms with E-state index >= 15 is 0 Å². The smallest absolute Gasteiger partial charge is 0.129 e. The average Bonchev–Trinajstić information content (AvgIpc) is 2.49. The first kappa shape index (κ1) is 17.6. The van der Waals surface area contributed by atoms with Crippen molar-refractivity contribution in [2.45, 2.75) is 13.0 Å². The van der Waals surface area contributed by atoms with E-state index in [2.05, 4.69) is 11.8 Å². The minimum Gasteiger partial charge on any atom is -0.385 e. The van der Waals surface area contributed by atoms with E-state index in [-0.39, 0.29) is 19.0 Å². The number of hydrogen-bond acceptors (Lipinski definition) is 4. The van der Waals surface area contributed by atoms with E-state index in [4.69, 9.17) is 19.9 Å². The quantitative estimate of drug-likeness (QED) is 0.556. The average molecular weight is 295 g/mol. The molecule has 5 heteroatoms. The first-order chi connectivity index (χ1) is 10.3. The van der Waals surface area contributed by atoms with Crippen LogP contribution < -0.4 is 5.73 Å². The number of rotatable bonds is 9. The Morgan fingerprint density at radius 1 is 1.14 bits per heavy atom. The Kier molecular flexibility index (Phi) is 9.42. The Balaban J connectivity index is 2.23. The number of hydrogen-bond donors (Lipinski definition) is 1. The molecule has 21 heavy (non-hydrogen) atoms. The number of ether oxygens (including phenoxy) is 3. The molecule has 0 saturated heterocycles. The molecule has 0 unspecified atom stereocenters. The Labute approximate surface area is 125 Å². The molecule has 0 aliphatic carbocycles. The predicted molar refractivity (Wildman–Crippen MR) is 79.3 cm³/mol. The lowest BCUT2D eigenvalue weighted by Gasteiger charge is -2.07. The Bertz CT molecular complexity index is 468. The van der Waals surface area contributed by atoms with Crippen LogP contribution >= 0.6 is 0 Å². The van der Waals surface area contributed by atoms with Gasteiger partial charge in [0.25, 0.3) is 0 Å². The van der Waals surface area contributed by atoms with Crippen molar-refractivity contribution in [3.8, 4) is 11.8 Å². The van der Waals surface area contributed by atoms with Crippen molar-refractivity contribution in [3.05, 3.63) is 35.1 Å². The zero-order valence-corrected chi connectivity index (χ0v) is 12.4. The summed E-state index contributed by atoms with van der Waals surface area (Å²) in [5, 5.41) is 0. The first-order valence-electron chi connectivity index (χ1n) is 6.89. The van der Waals surface area contributed by atoms with E-state index in [9.17, 15) is 4.39 Å². The van der Waals surface area contributed by atoms with Gasteiger partial charge in [0.05, 0.1) is 26.4 Å². The minimum atomic E-state index is -0.320. The van der Waals surface area contributed by atoms with Gasteiger partial charge in [0.2, 0.25) is 0 Å². The van der Waals surface area contributed by atoms with Crippen LogP contribution in [0.15, 0.2) is 18.2 Å². The van der Waals surface area contributed by atoms with Crippen molar-refractivity contribution < 1.29 is 18.6 Å². The maximum absolute atomic E-state index is 13.8. The second kappa shape index (κ2) is 11.2. The molecule has 0 spiro atoms. The van der Waals surface area contributed by atoms with Gasteiger partial charge in [-0.3, -0.25) is 0 Å². The lowest BCUT2D eigenvalue weighted by atomic mass is 10.1. The molecule has 116 valence electrons. The van der Waals surface area contributed by atoms with Gasteiger partial charge in [-0.2, -0.15) is 0 Å². The summed E-state index contributed by atoms with van der Waals surface area (Å²) in [6.07, 6.45) is 0.858. The van der Waals surface area contributed by atoms with Crippen LogP contribution in [0.3, 0.4) is 0 Å². The molecular formula is C16H22FNO3. The van der Waals surface area contributed by atoms with E-state index < -0.39 is 0 Å². The van der Waals surface area contributed by atoms with Crippen LogP contribution in [0.4, 0.5) is 4.39 Å². The van der Waals surface area contributed by atoms with Crippen LogP contribution in [0.2, 0.25) is 0 Å². The van der Waals surface area contributed by atoms with Crippen molar-refractivity contribution in [1.82, 2.24) is 0 Å². The van der Waals surface area contributed by atoms with Crippen LogP contribution in [-0.4, -0.2) is 40.1 Å². The molecular weight excluding hydrogens is 273 g/mol. The molecule has 0 aliphatic heterocycles. The molecule has 0 bridgehead atoms. The van der Waals surface area contributed by atoms with Crippen LogP contribution in [0.5, 0.6) is 0 Å². The van der Waals surface area contributed by atoms with Crippen LogP contribution in [-0.2, 0) is 20.8 Å². The molecule has 0 saturated carbocycles. The van der Waals surface area contributed by atoms with Gasteiger partial charge in [-0.15, -0.1) is 0 Å². The molecule has 0 heterocycles. The molecule has 2 N–H and O–H groups in total.